The standard InChI is InChI=1S/C21H30N2O2/c1-15-6-11-19(14-16(15)2)22-20(24)17-7-9-18(10-8-17)21(25)23-12-4-3-5-13-23/h6,11,14,17-18H,3-5,7-10,12-13H2,1-2H3,(H,22,24). The van der Waals surface area contributed by atoms with Crippen LogP contribution in [-0.2, 0) is 9.59 Å². The Morgan fingerprint density at radius 1 is 0.920 bits per heavy atom. The van der Waals surface area contributed by atoms with Gasteiger partial charge in [0.2, 0.25) is 11.8 Å². The lowest BCUT2D eigenvalue weighted by atomic mass is 9.80. The molecule has 2 amide bonds. The van der Waals surface area contributed by atoms with Crippen LogP contribution < -0.4 is 5.32 Å². The highest BCUT2D eigenvalue weighted by Gasteiger charge is 2.32. The monoisotopic (exact) mass is 342 g/mol. The smallest absolute Gasteiger partial charge is 0.227 e. The SMILES string of the molecule is Cc1ccc(NC(=O)C2CCC(C(=O)N3CCCCC3)CC2)cc1C. The maximum absolute atomic E-state index is 12.6. The third-order valence-corrected chi connectivity index (χ3v) is 5.89. The van der Waals surface area contributed by atoms with Crippen LogP contribution in [0.5, 0.6) is 0 Å². The van der Waals surface area contributed by atoms with Crippen molar-refractivity contribution in [3.8, 4) is 0 Å². The molecule has 1 heterocycles. The Balaban J connectivity index is 1.50. The van der Waals surface area contributed by atoms with Gasteiger partial charge in [-0.2, -0.15) is 0 Å². The molecule has 3 rings (SSSR count). The van der Waals surface area contributed by atoms with Gasteiger partial charge in [0.1, 0.15) is 0 Å². The van der Waals surface area contributed by atoms with Crippen molar-refractivity contribution >= 4 is 17.5 Å². The van der Waals surface area contributed by atoms with Crippen molar-refractivity contribution in [3.63, 3.8) is 0 Å². The van der Waals surface area contributed by atoms with Crippen molar-refractivity contribution in [1.82, 2.24) is 4.90 Å². The highest BCUT2D eigenvalue weighted by molar-refractivity contribution is 5.93. The van der Waals surface area contributed by atoms with Crippen LogP contribution in [0.1, 0.15) is 56.1 Å². The maximum atomic E-state index is 12.6. The Morgan fingerprint density at radius 3 is 2.20 bits per heavy atom. The number of hydrogen-bond donors (Lipinski definition) is 1. The van der Waals surface area contributed by atoms with Crippen molar-refractivity contribution in [2.45, 2.75) is 58.8 Å². The number of anilines is 1. The number of amides is 2. The maximum Gasteiger partial charge on any atom is 0.227 e. The van der Waals surface area contributed by atoms with Gasteiger partial charge in [-0.1, -0.05) is 6.07 Å². The summed E-state index contributed by atoms with van der Waals surface area (Å²) in [6.45, 7) is 5.97. The molecule has 0 aromatic heterocycles. The van der Waals surface area contributed by atoms with E-state index in [1.807, 2.05) is 23.1 Å². The Labute approximate surface area is 151 Å². The molecular formula is C21H30N2O2. The molecule has 1 aromatic rings. The van der Waals surface area contributed by atoms with E-state index in [-0.39, 0.29) is 17.7 Å². The van der Waals surface area contributed by atoms with Gasteiger partial charge in [-0.15, -0.1) is 0 Å². The van der Waals surface area contributed by atoms with E-state index in [2.05, 4.69) is 19.2 Å². The number of aryl methyl sites for hydroxylation is 2. The molecule has 1 aliphatic carbocycles. The fourth-order valence-electron chi connectivity index (χ4n) is 4.04. The summed E-state index contributed by atoms with van der Waals surface area (Å²) >= 11 is 0. The summed E-state index contributed by atoms with van der Waals surface area (Å²) in [5.74, 6) is 0.593. The Kier molecular flexibility index (Phi) is 5.77. The quantitative estimate of drug-likeness (QED) is 0.900. The molecule has 1 saturated carbocycles. The summed E-state index contributed by atoms with van der Waals surface area (Å²) in [6.07, 6.45) is 6.86. The highest BCUT2D eigenvalue weighted by atomic mass is 16.2. The van der Waals surface area contributed by atoms with Gasteiger partial charge >= 0.3 is 0 Å². The van der Waals surface area contributed by atoms with Gasteiger partial charge in [-0.25, -0.2) is 0 Å². The Morgan fingerprint density at radius 2 is 1.56 bits per heavy atom. The van der Waals surface area contributed by atoms with Gasteiger partial charge in [0.05, 0.1) is 0 Å². The van der Waals surface area contributed by atoms with E-state index in [1.54, 1.807) is 0 Å². The molecule has 0 bridgehead atoms. The molecule has 136 valence electrons. The van der Waals surface area contributed by atoms with Gasteiger partial charge < -0.3 is 10.2 Å². The second kappa shape index (κ2) is 8.03. The molecule has 1 aromatic carbocycles. The van der Waals surface area contributed by atoms with Crippen molar-refractivity contribution in [2.75, 3.05) is 18.4 Å². The molecule has 1 N–H and O–H groups in total. The second-order valence-electron chi connectivity index (χ2n) is 7.72. The van der Waals surface area contributed by atoms with Crippen molar-refractivity contribution in [1.29, 1.82) is 0 Å². The number of hydrogen-bond acceptors (Lipinski definition) is 2. The van der Waals surface area contributed by atoms with Crippen LogP contribution >= 0.6 is 0 Å². The van der Waals surface area contributed by atoms with E-state index in [1.165, 1.54) is 17.5 Å². The molecule has 2 fully saturated rings. The van der Waals surface area contributed by atoms with E-state index in [0.29, 0.717) is 5.91 Å². The summed E-state index contributed by atoms with van der Waals surface area (Å²) in [5.41, 5.74) is 3.29. The number of nitrogens with zero attached hydrogens (tertiary/aromatic N) is 1. The van der Waals surface area contributed by atoms with E-state index in [9.17, 15) is 9.59 Å². The molecule has 0 unspecified atom stereocenters. The normalized spacial score (nSPS) is 24.0. The molecule has 1 aliphatic heterocycles. The van der Waals surface area contributed by atoms with Gasteiger partial charge in [-0.05, 0) is 82.1 Å². The zero-order chi connectivity index (χ0) is 17.8. The largest absolute Gasteiger partial charge is 0.342 e. The lowest BCUT2D eigenvalue weighted by Crippen LogP contribution is -2.41. The Hall–Kier alpha value is -1.84. The lowest BCUT2D eigenvalue weighted by Gasteiger charge is -2.33. The third kappa shape index (κ3) is 4.42. The van der Waals surface area contributed by atoms with Crippen LogP contribution in [0.2, 0.25) is 0 Å². The Bertz CT molecular complexity index is 627. The van der Waals surface area contributed by atoms with Crippen LogP contribution in [0, 0.1) is 25.7 Å². The average Bonchev–Trinajstić information content (AvgIpc) is 2.65. The van der Waals surface area contributed by atoms with Crippen molar-refractivity contribution in [2.24, 2.45) is 11.8 Å². The summed E-state index contributed by atoms with van der Waals surface area (Å²) in [5, 5.41) is 3.05. The van der Waals surface area contributed by atoms with Gasteiger partial charge in [0.25, 0.3) is 0 Å². The molecule has 0 radical (unpaired) electrons. The number of likely N-dealkylation sites (tertiary alicyclic amines) is 1. The molecule has 0 spiro atoms. The first-order valence-corrected chi connectivity index (χ1v) is 9.71. The molecule has 0 atom stereocenters. The minimum absolute atomic E-state index is 0.0343. The van der Waals surface area contributed by atoms with E-state index >= 15 is 0 Å². The van der Waals surface area contributed by atoms with Crippen LogP contribution in [-0.4, -0.2) is 29.8 Å². The van der Waals surface area contributed by atoms with Gasteiger partial charge in [0.15, 0.2) is 0 Å². The number of piperidine rings is 1. The lowest BCUT2D eigenvalue weighted by molar-refractivity contribution is -0.138. The van der Waals surface area contributed by atoms with Crippen LogP contribution in [0.25, 0.3) is 0 Å². The molecule has 4 heteroatoms. The van der Waals surface area contributed by atoms with Gasteiger partial charge in [0, 0.05) is 30.6 Å². The summed E-state index contributed by atoms with van der Waals surface area (Å²) in [6, 6.07) is 6.03. The summed E-state index contributed by atoms with van der Waals surface area (Å²) in [4.78, 5) is 27.2. The summed E-state index contributed by atoms with van der Waals surface area (Å²) < 4.78 is 0. The topological polar surface area (TPSA) is 49.4 Å². The minimum atomic E-state index is 0.0343. The molecular weight excluding hydrogens is 312 g/mol. The van der Waals surface area contributed by atoms with Crippen LogP contribution in [0.15, 0.2) is 18.2 Å². The molecule has 2 aliphatic rings. The third-order valence-electron chi connectivity index (χ3n) is 5.89. The number of carbonyl (C=O) groups is 2. The fourth-order valence-corrected chi connectivity index (χ4v) is 4.04. The first kappa shape index (κ1) is 18.0. The van der Waals surface area contributed by atoms with Crippen molar-refractivity contribution < 1.29 is 9.59 Å². The fraction of sp³-hybridized carbons (Fsp3) is 0.619. The number of benzene rings is 1. The number of nitrogens with one attached hydrogen (secondary N) is 1. The predicted molar refractivity (Wildman–Crippen MR) is 100 cm³/mol. The van der Waals surface area contributed by atoms with Crippen molar-refractivity contribution in [3.05, 3.63) is 29.3 Å². The minimum Gasteiger partial charge on any atom is -0.342 e. The van der Waals surface area contributed by atoms with E-state index in [4.69, 9.17) is 0 Å². The average molecular weight is 342 g/mol. The second-order valence-corrected chi connectivity index (χ2v) is 7.72. The predicted octanol–water partition coefficient (Wildman–Crippen LogP) is 4.06. The number of carbonyl (C=O) groups excluding carboxylic acids is 2. The zero-order valence-corrected chi connectivity index (χ0v) is 15.5. The van der Waals surface area contributed by atoms with Crippen LogP contribution in [0.4, 0.5) is 5.69 Å². The first-order valence-electron chi connectivity index (χ1n) is 9.71. The zero-order valence-electron chi connectivity index (χ0n) is 15.5. The first-order chi connectivity index (χ1) is 12.0. The van der Waals surface area contributed by atoms with E-state index < -0.39 is 0 Å². The highest BCUT2D eigenvalue weighted by Crippen LogP contribution is 2.31. The van der Waals surface area contributed by atoms with E-state index in [0.717, 1.165) is 57.3 Å². The molecule has 1 saturated heterocycles. The number of rotatable bonds is 3. The summed E-state index contributed by atoms with van der Waals surface area (Å²) in [7, 11) is 0. The van der Waals surface area contributed by atoms with Gasteiger partial charge in [-0.3, -0.25) is 9.59 Å². The molecule has 4 nitrogen and oxygen atoms in total. The van der Waals surface area contributed by atoms with Crippen LogP contribution in [0.3, 0.4) is 0 Å². The molecule has 25 heavy (non-hydrogen) atoms.